The molecule has 0 aliphatic heterocycles. The summed E-state index contributed by atoms with van der Waals surface area (Å²) in [6.45, 7) is 6.32. The third kappa shape index (κ3) is 8.75. The Morgan fingerprint density at radius 1 is 1.00 bits per heavy atom. The molecule has 0 bridgehead atoms. The molecule has 0 saturated heterocycles. The molecule has 0 fully saturated rings. The summed E-state index contributed by atoms with van der Waals surface area (Å²) in [6.07, 6.45) is 3.17. The SMILES string of the molecule is CC(C)(C)ON=Cc1ccc(COc2c(Cl)cc(OCC=C(Cl)Cl)cc2Cl)cc1. The van der Waals surface area contributed by atoms with E-state index in [-0.39, 0.29) is 16.7 Å². The Hall–Kier alpha value is -1.59. The molecule has 0 spiro atoms. The highest BCUT2D eigenvalue weighted by Crippen LogP contribution is 2.37. The van der Waals surface area contributed by atoms with Crippen LogP contribution < -0.4 is 9.47 Å². The van der Waals surface area contributed by atoms with Gasteiger partial charge < -0.3 is 14.3 Å². The van der Waals surface area contributed by atoms with Crippen LogP contribution in [0.5, 0.6) is 11.5 Å². The minimum atomic E-state index is -0.322. The zero-order chi connectivity index (χ0) is 21.4. The first-order valence-corrected chi connectivity index (χ1v) is 10.2. The molecule has 0 N–H and O–H groups in total. The second-order valence-corrected chi connectivity index (χ2v) is 8.81. The molecule has 0 aromatic heterocycles. The summed E-state index contributed by atoms with van der Waals surface area (Å²) in [6, 6.07) is 10.9. The number of oxime groups is 1. The van der Waals surface area contributed by atoms with Gasteiger partial charge >= 0.3 is 0 Å². The second kappa shape index (κ2) is 11.0. The van der Waals surface area contributed by atoms with Gasteiger partial charge in [0.2, 0.25) is 0 Å². The zero-order valence-corrected chi connectivity index (χ0v) is 19.2. The summed E-state index contributed by atoms with van der Waals surface area (Å²) in [4.78, 5) is 5.33. The van der Waals surface area contributed by atoms with Crippen LogP contribution in [0.3, 0.4) is 0 Å². The molecule has 0 heterocycles. The predicted octanol–water partition coefficient (Wildman–Crippen LogP) is 7.42. The smallest absolute Gasteiger partial charge is 0.157 e. The van der Waals surface area contributed by atoms with Crippen LogP contribution in [-0.4, -0.2) is 18.4 Å². The molecule has 2 rings (SSSR count). The van der Waals surface area contributed by atoms with E-state index in [1.807, 2.05) is 45.0 Å². The predicted molar refractivity (Wildman–Crippen MR) is 121 cm³/mol. The zero-order valence-electron chi connectivity index (χ0n) is 16.2. The monoisotopic (exact) mass is 475 g/mol. The summed E-state index contributed by atoms with van der Waals surface area (Å²) in [5.74, 6) is 0.870. The lowest BCUT2D eigenvalue weighted by Crippen LogP contribution is -2.15. The molecule has 0 aliphatic carbocycles. The van der Waals surface area contributed by atoms with Gasteiger partial charge in [0.15, 0.2) is 5.75 Å². The highest BCUT2D eigenvalue weighted by molar-refractivity contribution is 6.55. The van der Waals surface area contributed by atoms with Gasteiger partial charge in [-0.2, -0.15) is 0 Å². The van der Waals surface area contributed by atoms with E-state index in [4.69, 9.17) is 60.7 Å². The summed E-state index contributed by atoms with van der Waals surface area (Å²) in [7, 11) is 0. The van der Waals surface area contributed by atoms with E-state index < -0.39 is 0 Å². The fourth-order valence-corrected chi connectivity index (χ4v) is 2.76. The minimum Gasteiger partial charge on any atom is -0.489 e. The van der Waals surface area contributed by atoms with Crippen LogP contribution in [0, 0.1) is 0 Å². The highest BCUT2D eigenvalue weighted by Gasteiger charge is 2.11. The van der Waals surface area contributed by atoms with Crippen molar-refractivity contribution in [2.75, 3.05) is 6.61 Å². The third-order valence-corrected chi connectivity index (χ3v) is 4.22. The molecule has 0 atom stereocenters. The molecule has 156 valence electrons. The van der Waals surface area contributed by atoms with Crippen molar-refractivity contribution >= 4 is 52.6 Å². The van der Waals surface area contributed by atoms with E-state index in [9.17, 15) is 0 Å². The molecule has 0 aliphatic rings. The van der Waals surface area contributed by atoms with Crippen LogP contribution in [0.1, 0.15) is 31.9 Å². The number of nitrogens with zero attached hydrogens (tertiary/aromatic N) is 1. The van der Waals surface area contributed by atoms with E-state index in [1.54, 1.807) is 18.3 Å². The molecule has 29 heavy (non-hydrogen) atoms. The molecule has 4 nitrogen and oxygen atoms in total. The maximum Gasteiger partial charge on any atom is 0.157 e. The third-order valence-electron chi connectivity index (χ3n) is 3.35. The van der Waals surface area contributed by atoms with Crippen LogP contribution in [-0.2, 0) is 11.4 Å². The molecular formula is C21H21Cl4NO3. The standard InChI is InChI=1S/C21H21Cl4NO3/c1-21(2,3)29-26-12-14-4-6-15(7-5-14)13-28-20-17(22)10-16(11-18(20)23)27-9-8-19(24)25/h4-8,10-12H,9,13H2,1-3H3. The lowest BCUT2D eigenvalue weighted by atomic mass is 10.1. The Morgan fingerprint density at radius 2 is 1.62 bits per heavy atom. The van der Waals surface area contributed by atoms with Gasteiger partial charge in [0.05, 0.1) is 16.3 Å². The summed E-state index contributed by atoms with van der Waals surface area (Å²) in [5.41, 5.74) is 1.55. The Bertz CT molecular complexity index is 847. The summed E-state index contributed by atoms with van der Waals surface area (Å²) >= 11 is 23.6. The fourth-order valence-electron chi connectivity index (χ4n) is 2.06. The maximum atomic E-state index is 6.27. The summed E-state index contributed by atoms with van der Waals surface area (Å²) < 4.78 is 11.4. The van der Waals surface area contributed by atoms with Gasteiger partial charge in [-0.3, -0.25) is 0 Å². The van der Waals surface area contributed by atoms with Gasteiger partial charge in [-0.15, -0.1) is 0 Å². The van der Waals surface area contributed by atoms with Gasteiger partial charge in [-0.1, -0.05) is 75.8 Å². The first-order chi connectivity index (χ1) is 13.6. The van der Waals surface area contributed by atoms with E-state index in [0.717, 1.165) is 11.1 Å². The molecular weight excluding hydrogens is 456 g/mol. The van der Waals surface area contributed by atoms with E-state index in [2.05, 4.69) is 5.16 Å². The Kier molecular flexibility index (Phi) is 8.97. The molecule has 0 radical (unpaired) electrons. The summed E-state index contributed by atoms with van der Waals surface area (Å²) in [5, 5.41) is 4.67. The van der Waals surface area contributed by atoms with Gasteiger partial charge in [0, 0.05) is 12.1 Å². The van der Waals surface area contributed by atoms with Crippen molar-refractivity contribution in [1.82, 2.24) is 0 Å². The molecule has 0 unspecified atom stereocenters. The highest BCUT2D eigenvalue weighted by atomic mass is 35.5. The number of hydrogen-bond donors (Lipinski definition) is 0. The van der Waals surface area contributed by atoms with Crippen molar-refractivity contribution in [2.24, 2.45) is 5.16 Å². The van der Waals surface area contributed by atoms with E-state index >= 15 is 0 Å². The van der Waals surface area contributed by atoms with Crippen LogP contribution in [0.4, 0.5) is 0 Å². The average Bonchev–Trinajstić information content (AvgIpc) is 2.61. The number of benzene rings is 2. The maximum absolute atomic E-state index is 6.27. The van der Waals surface area contributed by atoms with Crippen LogP contribution in [0.2, 0.25) is 10.0 Å². The van der Waals surface area contributed by atoms with Crippen molar-refractivity contribution in [1.29, 1.82) is 0 Å². The Morgan fingerprint density at radius 3 is 2.17 bits per heavy atom. The Labute approximate surface area is 190 Å². The van der Waals surface area contributed by atoms with Crippen LogP contribution in [0.25, 0.3) is 0 Å². The largest absolute Gasteiger partial charge is 0.489 e. The number of hydrogen-bond acceptors (Lipinski definition) is 4. The first kappa shape index (κ1) is 23.7. The average molecular weight is 477 g/mol. The fraction of sp³-hybridized carbons (Fsp3) is 0.286. The second-order valence-electron chi connectivity index (χ2n) is 6.99. The number of rotatable bonds is 8. The lowest BCUT2D eigenvalue weighted by molar-refractivity contribution is 0.00199. The van der Waals surface area contributed by atoms with Crippen molar-refractivity contribution in [3.05, 3.63) is 68.1 Å². The van der Waals surface area contributed by atoms with Crippen molar-refractivity contribution in [3.8, 4) is 11.5 Å². The molecule has 0 saturated carbocycles. The van der Waals surface area contributed by atoms with Gasteiger partial charge in [-0.05, 0) is 38.0 Å². The van der Waals surface area contributed by atoms with Gasteiger partial charge in [-0.25, -0.2) is 0 Å². The molecule has 2 aromatic carbocycles. The van der Waals surface area contributed by atoms with Crippen molar-refractivity contribution < 1.29 is 14.3 Å². The lowest BCUT2D eigenvalue weighted by Gasteiger charge is -2.14. The van der Waals surface area contributed by atoms with Crippen LogP contribution >= 0.6 is 46.4 Å². The topological polar surface area (TPSA) is 40.0 Å². The quantitative estimate of drug-likeness (QED) is 0.294. The number of halogens is 4. The van der Waals surface area contributed by atoms with Crippen LogP contribution in [0.15, 0.2) is 52.1 Å². The number of ether oxygens (including phenoxy) is 2. The normalized spacial score (nSPS) is 11.4. The first-order valence-electron chi connectivity index (χ1n) is 8.70. The van der Waals surface area contributed by atoms with Gasteiger partial charge in [0.25, 0.3) is 0 Å². The molecule has 8 heteroatoms. The van der Waals surface area contributed by atoms with Gasteiger partial charge in [0.1, 0.15) is 29.1 Å². The van der Waals surface area contributed by atoms with E-state index in [0.29, 0.717) is 28.2 Å². The molecule has 0 amide bonds. The van der Waals surface area contributed by atoms with E-state index in [1.165, 1.54) is 6.08 Å². The van der Waals surface area contributed by atoms with Crippen molar-refractivity contribution in [2.45, 2.75) is 33.0 Å². The molecule has 2 aromatic rings. The van der Waals surface area contributed by atoms with Crippen molar-refractivity contribution in [3.63, 3.8) is 0 Å². The Balaban J connectivity index is 1.96. The minimum absolute atomic E-state index is 0.126.